The molecule has 0 amide bonds. The molecule has 3 N–H and O–H groups in total. The zero-order valence-corrected chi connectivity index (χ0v) is 15.7. The van der Waals surface area contributed by atoms with Crippen LogP contribution in [0.1, 0.15) is 4.88 Å². The van der Waals surface area contributed by atoms with E-state index in [1.54, 1.807) is 24.3 Å². The van der Waals surface area contributed by atoms with Gasteiger partial charge in [0.2, 0.25) is 0 Å². The molecule has 9 heteroatoms. The number of anilines is 1. The van der Waals surface area contributed by atoms with Crippen LogP contribution >= 0.6 is 43.2 Å². The number of halogens is 2. The summed E-state index contributed by atoms with van der Waals surface area (Å²) < 4.78 is 33.7. The highest BCUT2D eigenvalue weighted by molar-refractivity contribution is 9.11. The van der Waals surface area contributed by atoms with E-state index in [0.29, 0.717) is 26.2 Å². The lowest BCUT2D eigenvalue weighted by atomic mass is 10.3. The van der Waals surface area contributed by atoms with Crippen molar-refractivity contribution in [3.8, 4) is 5.75 Å². The molecule has 0 fully saturated rings. The maximum atomic E-state index is 12.4. The van der Waals surface area contributed by atoms with Crippen molar-refractivity contribution in [3.63, 3.8) is 0 Å². The molecule has 0 spiro atoms. The van der Waals surface area contributed by atoms with Gasteiger partial charge in [0, 0.05) is 22.0 Å². The average Bonchev–Trinajstić information content (AvgIpc) is 2.79. The van der Waals surface area contributed by atoms with Gasteiger partial charge in [-0.15, -0.1) is 11.3 Å². The van der Waals surface area contributed by atoms with Crippen molar-refractivity contribution in [3.05, 3.63) is 37.4 Å². The fourth-order valence-corrected chi connectivity index (χ4v) is 5.71. The Labute approximate surface area is 143 Å². The van der Waals surface area contributed by atoms with Gasteiger partial charge in [0.15, 0.2) is 0 Å². The minimum absolute atomic E-state index is 0.173. The number of nitrogens with one attached hydrogen (secondary N) is 1. The van der Waals surface area contributed by atoms with Crippen LogP contribution in [0.3, 0.4) is 0 Å². The number of thiophene rings is 1. The third-order valence-electron chi connectivity index (χ3n) is 2.56. The molecule has 0 bridgehead atoms. The van der Waals surface area contributed by atoms with Gasteiger partial charge in [-0.3, -0.25) is 4.72 Å². The van der Waals surface area contributed by atoms with Gasteiger partial charge in [-0.1, -0.05) is 15.9 Å². The predicted octanol–water partition coefficient (Wildman–Crippen LogP) is 3.54. The molecule has 0 saturated carbocycles. The topological polar surface area (TPSA) is 81.4 Å². The van der Waals surface area contributed by atoms with Gasteiger partial charge in [-0.25, -0.2) is 8.42 Å². The van der Waals surface area contributed by atoms with E-state index in [-0.39, 0.29) is 4.90 Å². The van der Waals surface area contributed by atoms with E-state index in [1.165, 1.54) is 18.4 Å². The minimum atomic E-state index is -3.69. The SMILES string of the molecule is COc1cc(Br)cc(NS(=O)(=O)c2cc(CN)sc2Br)c1. The number of ether oxygens (including phenoxy) is 1. The Kier molecular flexibility index (Phi) is 5.31. The van der Waals surface area contributed by atoms with E-state index >= 15 is 0 Å². The molecule has 0 radical (unpaired) electrons. The van der Waals surface area contributed by atoms with Crippen LogP contribution in [0.2, 0.25) is 0 Å². The van der Waals surface area contributed by atoms with E-state index in [1.807, 2.05) is 0 Å². The van der Waals surface area contributed by atoms with Crippen LogP contribution in [0.25, 0.3) is 0 Å². The highest BCUT2D eigenvalue weighted by Gasteiger charge is 2.21. The monoisotopic (exact) mass is 454 g/mol. The van der Waals surface area contributed by atoms with E-state index in [4.69, 9.17) is 10.5 Å². The molecule has 0 atom stereocenters. The normalized spacial score (nSPS) is 11.4. The molecule has 0 aliphatic carbocycles. The zero-order valence-electron chi connectivity index (χ0n) is 10.9. The van der Waals surface area contributed by atoms with Gasteiger partial charge in [0.25, 0.3) is 10.0 Å². The Balaban J connectivity index is 2.37. The highest BCUT2D eigenvalue weighted by Crippen LogP contribution is 2.33. The Morgan fingerprint density at radius 3 is 2.57 bits per heavy atom. The summed E-state index contributed by atoms with van der Waals surface area (Å²) in [5.74, 6) is 0.550. The molecule has 0 unspecified atom stereocenters. The summed E-state index contributed by atoms with van der Waals surface area (Å²) in [6.45, 7) is 0.295. The Morgan fingerprint density at radius 1 is 1.29 bits per heavy atom. The maximum Gasteiger partial charge on any atom is 0.263 e. The van der Waals surface area contributed by atoms with Crippen molar-refractivity contribution in [2.75, 3.05) is 11.8 Å². The summed E-state index contributed by atoms with van der Waals surface area (Å²) in [5, 5.41) is 0. The van der Waals surface area contributed by atoms with Gasteiger partial charge in [-0.2, -0.15) is 0 Å². The van der Waals surface area contributed by atoms with E-state index in [2.05, 4.69) is 36.6 Å². The first-order valence-electron chi connectivity index (χ1n) is 5.71. The molecule has 0 aliphatic rings. The fraction of sp³-hybridized carbons (Fsp3) is 0.167. The lowest BCUT2D eigenvalue weighted by molar-refractivity contribution is 0.415. The molecule has 0 saturated heterocycles. The second-order valence-electron chi connectivity index (χ2n) is 4.04. The number of hydrogen-bond donors (Lipinski definition) is 2. The number of hydrogen-bond acceptors (Lipinski definition) is 5. The number of rotatable bonds is 5. The molecule has 2 aromatic rings. The molecule has 114 valence electrons. The van der Waals surface area contributed by atoms with Crippen LogP contribution in [-0.4, -0.2) is 15.5 Å². The van der Waals surface area contributed by atoms with E-state index in [0.717, 1.165) is 4.88 Å². The van der Waals surface area contributed by atoms with Gasteiger partial charge in [-0.05, 0) is 34.1 Å². The Morgan fingerprint density at radius 2 is 2.00 bits per heavy atom. The van der Waals surface area contributed by atoms with Crippen LogP contribution in [0, 0.1) is 0 Å². The quantitative estimate of drug-likeness (QED) is 0.722. The van der Waals surface area contributed by atoms with Crippen LogP contribution in [0.4, 0.5) is 5.69 Å². The second kappa shape index (κ2) is 6.66. The lowest BCUT2D eigenvalue weighted by Gasteiger charge is -2.09. The third kappa shape index (κ3) is 3.98. The molecule has 21 heavy (non-hydrogen) atoms. The number of sulfonamides is 1. The Bertz CT molecular complexity index is 760. The highest BCUT2D eigenvalue weighted by atomic mass is 79.9. The summed E-state index contributed by atoms with van der Waals surface area (Å²) in [7, 11) is -2.18. The first-order valence-corrected chi connectivity index (χ1v) is 9.60. The summed E-state index contributed by atoms with van der Waals surface area (Å²) in [6.07, 6.45) is 0. The summed E-state index contributed by atoms with van der Waals surface area (Å²) in [5.41, 5.74) is 5.95. The first-order chi connectivity index (χ1) is 9.85. The zero-order chi connectivity index (χ0) is 15.6. The number of methoxy groups -OCH3 is 1. The summed E-state index contributed by atoms with van der Waals surface area (Å²) in [4.78, 5) is 0.959. The molecule has 1 aromatic carbocycles. The lowest BCUT2D eigenvalue weighted by Crippen LogP contribution is -2.12. The standard InChI is InChI=1S/C12H12Br2N2O3S2/c1-19-9-3-7(13)2-8(4-9)16-21(17,18)11-5-10(6-15)20-12(11)14/h2-5,16H,6,15H2,1H3. The molecule has 5 nitrogen and oxygen atoms in total. The number of benzene rings is 1. The smallest absolute Gasteiger partial charge is 0.263 e. The minimum Gasteiger partial charge on any atom is -0.497 e. The molecule has 1 aromatic heterocycles. The molecule has 2 rings (SSSR count). The van der Waals surface area contributed by atoms with Crippen LogP contribution < -0.4 is 15.2 Å². The molecular weight excluding hydrogens is 444 g/mol. The average molecular weight is 456 g/mol. The number of nitrogens with two attached hydrogens (primary N) is 1. The van der Waals surface area contributed by atoms with Crippen molar-refractivity contribution in [1.29, 1.82) is 0 Å². The van der Waals surface area contributed by atoms with Gasteiger partial charge >= 0.3 is 0 Å². The van der Waals surface area contributed by atoms with Crippen molar-refractivity contribution < 1.29 is 13.2 Å². The van der Waals surface area contributed by atoms with Crippen molar-refractivity contribution in [1.82, 2.24) is 0 Å². The second-order valence-corrected chi connectivity index (χ2v) is 9.06. The largest absolute Gasteiger partial charge is 0.497 e. The van der Waals surface area contributed by atoms with Gasteiger partial charge in [0.1, 0.15) is 10.6 Å². The molecule has 1 heterocycles. The van der Waals surface area contributed by atoms with Crippen molar-refractivity contribution in [2.45, 2.75) is 11.4 Å². The summed E-state index contributed by atoms with van der Waals surface area (Å²) in [6, 6.07) is 6.56. The van der Waals surface area contributed by atoms with Crippen LogP contribution in [-0.2, 0) is 16.6 Å². The first kappa shape index (κ1) is 16.8. The van der Waals surface area contributed by atoms with Crippen LogP contribution in [0.15, 0.2) is 37.4 Å². The van der Waals surface area contributed by atoms with E-state index < -0.39 is 10.0 Å². The van der Waals surface area contributed by atoms with Crippen molar-refractivity contribution in [2.24, 2.45) is 5.73 Å². The predicted molar refractivity (Wildman–Crippen MR) is 91.4 cm³/mol. The molecular formula is C12H12Br2N2O3S2. The third-order valence-corrected chi connectivity index (χ3v) is 6.67. The van der Waals surface area contributed by atoms with Crippen molar-refractivity contribution >= 4 is 58.9 Å². The Hall–Kier alpha value is -0.610. The van der Waals surface area contributed by atoms with Gasteiger partial charge in [0.05, 0.1) is 16.6 Å². The van der Waals surface area contributed by atoms with Crippen LogP contribution in [0.5, 0.6) is 5.75 Å². The van der Waals surface area contributed by atoms with E-state index in [9.17, 15) is 8.42 Å². The molecule has 0 aliphatic heterocycles. The summed E-state index contributed by atoms with van der Waals surface area (Å²) >= 11 is 7.87. The fourth-order valence-electron chi connectivity index (χ4n) is 1.63. The van der Waals surface area contributed by atoms with Gasteiger partial charge < -0.3 is 10.5 Å². The maximum absolute atomic E-state index is 12.4.